The summed E-state index contributed by atoms with van der Waals surface area (Å²) < 4.78 is 69.2. The zero-order chi connectivity index (χ0) is 26.0. The average Bonchev–Trinajstić information content (AvgIpc) is 2.90. The van der Waals surface area contributed by atoms with E-state index in [-0.39, 0.29) is 16.7 Å². The van der Waals surface area contributed by atoms with Crippen LogP contribution >= 0.6 is 0 Å². The van der Waals surface area contributed by atoms with E-state index in [1.807, 2.05) is 4.90 Å². The number of fused-ring (bicyclic) bond motifs is 3. The highest BCUT2D eigenvalue weighted by Crippen LogP contribution is 2.41. The monoisotopic (exact) mass is 520 g/mol. The van der Waals surface area contributed by atoms with Gasteiger partial charge in [-0.3, -0.25) is 14.6 Å². The van der Waals surface area contributed by atoms with Gasteiger partial charge in [0, 0.05) is 26.2 Å². The Kier molecular flexibility index (Phi) is 7.27. The molecule has 37 heavy (non-hydrogen) atoms. The summed E-state index contributed by atoms with van der Waals surface area (Å²) >= 11 is 0. The van der Waals surface area contributed by atoms with Gasteiger partial charge in [0.2, 0.25) is 11.2 Å². The molecule has 2 aliphatic rings. The molecule has 198 valence electrons. The molecular weight excluding hydrogens is 493 g/mol. The van der Waals surface area contributed by atoms with Crippen LogP contribution in [0.25, 0.3) is 11.0 Å². The Labute approximate surface area is 211 Å². The number of nitrogens with zero attached hydrogens (tertiary/aromatic N) is 2. The van der Waals surface area contributed by atoms with Crippen LogP contribution in [0.3, 0.4) is 0 Å². The number of alkyl halides is 3. The Morgan fingerprint density at radius 3 is 2.38 bits per heavy atom. The number of ether oxygens (including phenoxy) is 4. The lowest BCUT2D eigenvalue weighted by atomic mass is 10.1. The second-order valence-corrected chi connectivity index (χ2v) is 8.92. The zero-order valence-electron chi connectivity index (χ0n) is 20.3. The van der Waals surface area contributed by atoms with E-state index in [1.54, 1.807) is 6.07 Å². The molecule has 2 aromatic carbocycles. The first-order valence-corrected chi connectivity index (χ1v) is 12.0. The highest BCUT2D eigenvalue weighted by molar-refractivity contribution is 5.83. The van der Waals surface area contributed by atoms with Crippen molar-refractivity contribution in [1.29, 1.82) is 0 Å². The predicted octanol–water partition coefficient (Wildman–Crippen LogP) is 4.49. The lowest BCUT2D eigenvalue weighted by Crippen LogP contribution is -2.39. The summed E-state index contributed by atoms with van der Waals surface area (Å²) in [6, 6.07) is 8.87. The zero-order valence-corrected chi connectivity index (χ0v) is 20.3. The van der Waals surface area contributed by atoms with Crippen LogP contribution in [0.15, 0.2) is 45.6 Å². The largest absolute Gasteiger partial charge is 0.497 e. The smallest absolute Gasteiger partial charge is 0.453 e. The number of methoxy groups -OCH3 is 1. The van der Waals surface area contributed by atoms with E-state index in [0.717, 1.165) is 39.3 Å². The molecule has 0 spiro atoms. The van der Waals surface area contributed by atoms with Crippen molar-refractivity contribution < 1.29 is 36.5 Å². The molecule has 0 bridgehead atoms. The Morgan fingerprint density at radius 1 is 0.973 bits per heavy atom. The first-order chi connectivity index (χ1) is 17.8. The summed E-state index contributed by atoms with van der Waals surface area (Å²) in [5.74, 6) is -1.46. The summed E-state index contributed by atoms with van der Waals surface area (Å²) in [5, 5.41) is -0.00553. The molecule has 8 nitrogen and oxygen atoms in total. The molecular formula is C26H27F3N2O6. The van der Waals surface area contributed by atoms with E-state index in [9.17, 15) is 18.0 Å². The van der Waals surface area contributed by atoms with Crippen LogP contribution in [-0.2, 0) is 17.5 Å². The fourth-order valence-corrected chi connectivity index (χ4v) is 4.52. The highest BCUT2D eigenvalue weighted by Gasteiger charge is 2.41. The van der Waals surface area contributed by atoms with Crippen molar-refractivity contribution in [2.45, 2.75) is 19.1 Å². The number of hydrogen-bond acceptors (Lipinski definition) is 8. The molecule has 5 rings (SSSR count). The first-order valence-electron chi connectivity index (χ1n) is 12.0. The standard InChI is InChI=1S/C26H27F3N2O6/c1-33-17-3-5-18(6-4-17)36-24-22(32)19-7-8-21-20(23(19)37-25(24)26(27,28)29)15-31(16-35-21)10-2-9-30-11-13-34-14-12-30/h3-8H,2,9-16H2,1H3. The van der Waals surface area contributed by atoms with E-state index in [4.69, 9.17) is 23.4 Å². The summed E-state index contributed by atoms with van der Waals surface area (Å²) in [5.41, 5.74) is -0.639. The molecule has 3 heterocycles. The minimum absolute atomic E-state index is 0.00553. The Bertz CT molecular complexity index is 1300. The maximum Gasteiger partial charge on any atom is 0.453 e. The van der Waals surface area contributed by atoms with E-state index < -0.39 is 23.1 Å². The van der Waals surface area contributed by atoms with Gasteiger partial charge in [-0.2, -0.15) is 13.2 Å². The van der Waals surface area contributed by atoms with E-state index in [2.05, 4.69) is 4.90 Å². The number of benzene rings is 2. The summed E-state index contributed by atoms with van der Waals surface area (Å²) in [7, 11) is 1.46. The number of rotatable bonds is 7. The third-order valence-corrected chi connectivity index (χ3v) is 6.45. The van der Waals surface area contributed by atoms with Gasteiger partial charge in [-0.25, -0.2) is 0 Å². The van der Waals surface area contributed by atoms with E-state index in [0.29, 0.717) is 36.9 Å². The molecule has 0 saturated carbocycles. The van der Waals surface area contributed by atoms with Crippen molar-refractivity contribution in [3.8, 4) is 23.0 Å². The molecule has 1 fully saturated rings. The molecule has 11 heteroatoms. The van der Waals surface area contributed by atoms with Crippen molar-refractivity contribution in [1.82, 2.24) is 9.80 Å². The van der Waals surface area contributed by atoms with Gasteiger partial charge < -0.3 is 23.4 Å². The third kappa shape index (κ3) is 5.53. The summed E-state index contributed by atoms with van der Waals surface area (Å²) in [4.78, 5) is 17.6. The van der Waals surface area contributed by atoms with Crippen molar-refractivity contribution in [3.05, 3.63) is 57.9 Å². The summed E-state index contributed by atoms with van der Waals surface area (Å²) in [6.07, 6.45) is -4.09. The lowest BCUT2D eigenvalue weighted by molar-refractivity contribution is -0.154. The number of halogens is 3. The van der Waals surface area contributed by atoms with Gasteiger partial charge >= 0.3 is 6.18 Å². The van der Waals surface area contributed by atoms with Crippen molar-refractivity contribution in [2.24, 2.45) is 0 Å². The SMILES string of the molecule is COc1ccc(Oc2c(C(F)(F)F)oc3c4c(ccc3c2=O)OCN(CCCN2CCOCC2)C4)cc1. The maximum atomic E-state index is 14.0. The fourth-order valence-electron chi connectivity index (χ4n) is 4.52. The van der Waals surface area contributed by atoms with Crippen molar-refractivity contribution in [3.63, 3.8) is 0 Å². The Hall–Kier alpha value is -3.28. The molecule has 1 saturated heterocycles. The van der Waals surface area contributed by atoms with Crippen LogP contribution in [0.1, 0.15) is 17.7 Å². The molecule has 0 N–H and O–H groups in total. The molecule has 2 aliphatic heterocycles. The van der Waals surface area contributed by atoms with E-state index >= 15 is 0 Å². The van der Waals surface area contributed by atoms with Gasteiger partial charge in [0.1, 0.15) is 29.6 Å². The van der Waals surface area contributed by atoms with Crippen LogP contribution in [0.4, 0.5) is 13.2 Å². The van der Waals surface area contributed by atoms with Gasteiger partial charge in [0.15, 0.2) is 0 Å². The van der Waals surface area contributed by atoms with Gasteiger partial charge in [-0.15, -0.1) is 0 Å². The van der Waals surface area contributed by atoms with Gasteiger partial charge in [-0.05, 0) is 49.4 Å². The van der Waals surface area contributed by atoms with Crippen molar-refractivity contribution >= 4 is 11.0 Å². The van der Waals surface area contributed by atoms with Crippen LogP contribution < -0.4 is 19.6 Å². The van der Waals surface area contributed by atoms with Gasteiger partial charge in [-0.1, -0.05) is 0 Å². The first kappa shape index (κ1) is 25.4. The Morgan fingerprint density at radius 2 is 1.68 bits per heavy atom. The van der Waals surface area contributed by atoms with Crippen molar-refractivity contribution in [2.75, 3.05) is 53.2 Å². The lowest BCUT2D eigenvalue weighted by Gasteiger charge is -2.31. The molecule has 0 unspecified atom stereocenters. The number of hydrogen-bond donors (Lipinski definition) is 0. The molecule has 3 aromatic rings. The van der Waals surface area contributed by atoms with Crippen LogP contribution in [-0.4, -0.2) is 63.0 Å². The van der Waals surface area contributed by atoms with Crippen LogP contribution in [0.2, 0.25) is 0 Å². The molecule has 1 aromatic heterocycles. The second-order valence-electron chi connectivity index (χ2n) is 8.92. The molecule has 0 atom stereocenters. The predicted molar refractivity (Wildman–Crippen MR) is 128 cm³/mol. The number of morpholine rings is 1. The Balaban J connectivity index is 1.44. The normalized spacial score (nSPS) is 16.9. The minimum atomic E-state index is -4.95. The summed E-state index contributed by atoms with van der Waals surface area (Å²) in [6.45, 7) is 5.38. The second kappa shape index (κ2) is 10.6. The molecule has 0 radical (unpaired) electrons. The van der Waals surface area contributed by atoms with Crippen LogP contribution in [0.5, 0.6) is 23.0 Å². The molecule has 0 aliphatic carbocycles. The maximum absolute atomic E-state index is 14.0. The third-order valence-electron chi connectivity index (χ3n) is 6.45. The fraction of sp³-hybridized carbons (Fsp3) is 0.423. The van der Waals surface area contributed by atoms with E-state index in [1.165, 1.54) is 37.4 Å². The topological polar surface area (TPSA) is 73.6 Å². The average molecular weight is 521 g/mol. The molecule has 0 amide bonds. The van der Waals surface area contributed by atoms with Crippen LogP contribution in [0, 0.1) is 0 Å². The minimum Gasteiger partial charge on any atom is -0.497 e. The van der Waals surface area contributed by atoms with Gasteiger partial charge in [0.05, 0.1) is 31.3 Å². The quantitative estimate of drug-likeness (QED) is 0.452. The van der Waals surface area contributed by atoms with Gasteiger partial charge in [0.25, 0.3) is 5.76 Å². The highest BCUT2D eigenvalue weighted by atomic mass is 19.4.